The lowest BCUT2D eigenvalue weighted by Crippen LogP contribution is -2.28. The zero-order valence-corrected chi connectivity index (χ0v) is 17.8. The Labute approximate surface area is 183 Å². The van der Waals surface area contributed by atoms with Gasteiger partial charge in [0.2, 0.25) is 0 Å². The molecule has 0 saturated heterocycles. The number of hydrogen-bond acceptors (Lipinski definition) is 3. The third-order valence-corrected chi connectivity index (χ3v) is 5.54. The van der Waals surface area contributed by atoms with E-state index in [0.29, 0.717) is 11.3 Å². The van der Waals surface area contributed by atoms with Crippen LogP contribution in [0.15, 0.2) is 89.0 Å². The number of benzene rings is 3. The fourth-order valence-corrected chi connectivity index (χ4v) is 3.79. The molecular formula is C25H18BrNO3. The van der Waals surface area contributed by atoms with Gasteiger partial charge in [-0.15, -0.1) is 0 Å². The summed E-state index contributed by atoms with van der Waals surface area (Å²) in [5, 5.41) is 0. The lowest BCUT2D eigenvalue weighted by molar-refractivity contribution is -0.137. The summed E-state index contributed by atoms with van der Waals surface area (Å²) in [5.74, 6) is -0.859. The highest BCUT2D eigenvalue weighted by atomic mass is 79.9. The third-order valence-electron chi connectivity index (χ3n) is 4.81. The summed E-state index contributed by atoms with van der Waals surface area (Å²) in [6.07, 6.45) is 3.57. The van der Waals surface area contributed by atoms with Gasteiger partial charge in [0.1, 0.15) is 5.70 Å². The van der Waals surface area contributed by atoms with Crippen LogP contribution in [-0.2, 0) is 9.53 Å². The topological polar surface area (TPSA) is 46.6 Å². The van der Waals surface area contributed by atoms with Crippen LogP contribution in [0.25, 0.3) is 17.8 Å². The van der Waals surface area contributed by atoms with Gasteiger partial charge in [-0.2, -0.15) is 0 Å². The van der Waals surface area contributed by atoms with E-state index in [2.05, 4.69) is 15.9 Å². The molecule has 0 fully saturated rings. The number of hydrogen-bond donors (Lipinski definition) is 0. The number of rotatable bonds is 4. The van der Waals surface area contributed by atoms with Crippen LogP contribution in [0.3, 0.4) is 0 Å². The van der Waals surface area contributed by atoms with Gasteiger partial charge in [-0.1, -0.05) is 82.7 Å². The number of carbonyl (C=O) groups excluding carboxylic acids is 2. The van der Waals surface area contributed by atoms with Crippen LogP contribution in [-0.4, -0.2) is 23.9 Å². The Hall–Kier alpha value is -3.44. The number of nitrogens with zero attached hydrogens (tertiary/aromatic N) is 1. The largest absolute Gasteiger partial charge is 0.464 e. The Morgan fingerprint density at radius 1 is 0.900 bits per heavy atom. The smallest absolute Gasteiger partial charge is 0.355 e. The molecule has 3 aromatic rings. The Balaban J connectivity index is 1.93. The minimum absolute atomic E-state index is 0.146. The van der Waals surface area contributed by atoms with Crippen LogP contribution in [0.4, 0.5) is 0 Å². The molecule has 1 aliphatic rings. The first-order valence-corrected chi connectivity index (χ1v) is 10.1. The number of esters is 1. The first kappa shape index (κ1) is 19.9. The van der Waals surface area contributed by atoms with Crippen molar-refractivity contribution < 1.29 is 14.3 Å². The summed E-state index contributed by atoms with van der Waals surface area (Å²) >= 11 is 3.50. The molecule has 0 saturated carbocycles. The van der Waals surface area contributed by atoms with Crippen LogP contribution in [0.1, 0.15) is 27.0 Å². The lowest BCUT2D eigenvalue weighted by Gasteiger charge is -2.21. The Morgan fingerprint density at radius 2 is 1.53 bits per heavy atom. The van der Waals surface area contributed by atoms with Crippen LogP contribution in [0.2, 0.25) is 0 Å². The van der Waals surface area contributed by atoms with Crippen LogP contribution >= 0.6 is 15.9 Å². The predicted molar refractivity (Wildman–Crippen MR) is 121 cm³/mol. The van der Waals surface area contributed by atoms with E-state index in [0.717, 1.165) is 21.2 Å². The minimum atomic E-state index is -0.592. The third kappa shape index (κ3) is 3.72. The van der Waals surface area contributed by atoms with Gasteiger partial charge >= 0.3 is 5.97 Å². The van der Waals surface area contributed by atoms with E-state index in [4.69, 9.17) is 4.74 Å². The van der Waals surface area contributed by atoms with Gasteiger partial charge in [-0.3, -0.25) is 9.69 Å². The molecule has 1 heterocycles. The van der Waals surface area contributed by atoms with Gasteiger partial charge in [0.25, 0.3) is 5.91 Å². The van der Waals surface area contributed by atoms with E-state index in [1.807, 2.05) is 78.9 Å². The van der Waals surface area contributed by atoms with Crippen molar-refractivity contribution in [2.24, 2.45) is 0 Å². The molecule has 0 N–H and O–H groups in total. The summed E-state index contributed by atoms with van der Waals surface area (Å²) in [5.41, 5.74) is 3.78. The Bertz CT molecular complexity index is 1180. The van der Waals surface area contributed by atoms with Gasteiger partial charge in [0.05, 0.1) is 12.8 Å². The van der Waals surface area contributed by atoms with E-state index >= 15 is 0 Å². The van der Waals surface area contributed by atoms with Crippen molar-refractivity contribution in [3.8, 4) is 0 Å². The van der Waals surface area contributed by atoms with Gasteiger partial charge < -0.3 is 4.74 Å². The van der Waals surface area contributed by atoms with E-state index < -0.39 is 5.97 Å². The van der Waals surface area contributed by atoms with Crippen LogP contribution < -0.4 is 0 Å². The summed E-state index contributed by atoms with van der Waals surface area (Å²) in [6, 6.07) is 24.5. The van der Waals surface area contributed by atoms with Crippen molar-refractivity contribution in [2.45, 2.75) is 0 Å². The first-order valence-electron chi connectivity index (χ1n) is 9.35. The number of fused-ring (bicyclic) bond motifs is 1. The quantitative estimate of drug-likeness (QED) is 0.375. The molecule has 0 atom stereocenters. The summed E-state index contributed by atoms with van der Waals surface area (Å²) < 4.78 is 5.85. The van der Waals surface area contributed by atoms with Crippen molar-refractivity contribution in [1.82, 2.24) is 4.90 Å². The van der Waals surface area contributed by atoms with Crippen molar-refractivity contribution in [3.05, 3.63) is 111 Å². The maximum absolute atomic E-state index is 13.4. The number of halogens is 1. The summed E-state index contributed by atoms with van der Waals surface area (Å²) in [4.78, 5) is 27.6. The molecule has 4 rings (SSSR count). The van der Waals surface area contributed by atoms with Crippen molar-refractivity contribution in [1.29, 1.82) is 0 Å². The standard InChI is InChI=1S/C25H18BrNO3/c1-30-25(29)23(16-18-11-5-8-14-21(18)26)27-22(15-17-9-3-2-4-10-17)19-12-6-7-13-20(19)24(27)28/h2-16H,1H3/b22-15+,23-16+. The fourth-order valence-electron chi connectivity index (χ4n) is 3.39. The second kappa shape index (κ2) is 8.51. The van der Waals surface area contributed by atoms with Gasteiger partial charge in [0.15, 0.2) is 0 Å². The highest BCUT2D eigenvalue weighted by Gasteiger charge is 2.37. The molecule has 1 amide bonds. The Morgan fingerprint density at radius 3 is 2.23 bits per heavy atom. The molecule has 0 unspecified atom stereocenters. The van der Waals surface area contributed by atoms with E-state index in [1.165, 1.54) is 12.0 Å². The number of methoxy groups -OCH3 is 1. The second-order valence-corrected chi connectivity index (χ2v) is 7.52. The van der Waals surface area contributed by atoms with Crippen molar-refractivity contribution >= 4 is 45.7 Å². The minimum Gasteiger partial charge on any atom is -0.464 e. The molecule has 0 spiro atoms. The van der Waals surface area contributed by atoms with Crippen molar-refractivity contribution in [3.63, 3.8) is 0 Å². The molecule has 0 aromatic heterocycles. The summed E-state index contributed by atoms with van der Waals surface area (Å²) in [6.45, 7) is 0. The second-order valence-electron chi connectivity index (χ2n) is 6.67. The lowest BCUT2D eigenvalue weighted by atomic mass is 10.1. The zero-order chi connectivity index (χ0) is 21.1. The first-order chi connectivity index (χ1) is 14.6. The molecule has 3 aromatic carbocycles. The normalized spacial score (nSPS) is 14.7. The van der Waals surface area contributed by atoms with Gasteiger partial charge in [-0.05, 0) is 35.4 Å². The van der Waals surface area contributed by atoms with E-state index in [1.54, 1.807) is 12.1 Å². The maximum Gasteiger partial charge on any atom is 0.355 e. The molecule has 148 valence electrons. The van der Waals surface area contributed by atoms with Gasteiger partial charge in [-0.25, -0.2) is 4.79 Å². The maximum atomic E-state index is 13.4. The Kier molecular flexibility index (Phi) is 5.63. The molecule has 1 aliphatic heterocycles. The molecule has 0 radical (unpaired) electrons. The highest BCUT2D eigenvalue weighted by Crippen LogP contribution is 2.38. The molecule has 5 heteroatoms. The molecule has 0 aliphatic carbocycles. The number of amides is 1. The average molecular weight is 460 g/mol. The van der Waals surface area contributed by atoms with Crippen LogP contribution in [0, 0.1) is 0 Å². The van der Waals surface area contributed by atoms with Crippen LogP contribution in [0.5, 0.6) is 0 Å². The molecular weight excluding hydrogens is 442 g/mol. The highest BCUT2D eigenvalue weighted by molar-refractivity contribution is 9.10. The number of carbonyl (C=O) groups is 2. The summed E-state index contributed by atoms with van der Waals surface area (Å²) in [7, 11) is 1.31. The van der Waals surface area contributed by atoms with E-state index in [9.17, 15) is 9.59 Å². The molecule has 30 heavy (non-hydrogen) atoms. The number of ether oxygens (including phenoxy) is 1. The zero-order valence-electron chi connectivity index (χ0n) is 16.2. The monoisotopic (exact) mass is 459 g/mol. The SMILES string of the molecule is COC(=O)/C(=C\c1ccccc1Br)N1C(=O)c2ccccc2/C1=C\c1ccccc1. The van der Waals surface area contributed by atoms with Crippen molar-refractivity contribution in [2.75, 3.05) is 7.11 Å². The van der Waals surface area contributed by atoms with E-state index in [-0.39, 0.29) is 11.6 Å². The predicted octanol–water partition coefficient (Wildman–Crippen LogP) is 5.62. The fraction of sp³-hybridized carbons (Fsp3) is 0.0400. The average Bonchev–Trinajstić information content (AvgIpc) is 3.05. The van der Waals surface area contributed by atoms with Gasteiger partial charge in [0, 0.05) is 15.6 Å². The molecule has 0 bridgehead atoms. The molecule has 4 nitrogen and oxygen atoms in total.